The van der Waals surface area contributed by atoms with Gasteiger partial charge in [0, 0.05) is 24.7 Å². The highest BCUT2D eigenvalue weighted by atomic mass is 32.1. The number of hydrogen-bond donors (Lipinski definition) is 4. The summed E-state index contributed by atoms with van der Waals surface area (Å²) in [5.41, 5.74) is 5.53. The summed E-state index contributed by atoms with van der Waals surface area (Å²) in [6.45, 7) is 5.25. The molecule has 42 heavy (non-hydrogen) atoms. The predicted octanol–water partition coefficient (Wildman–Crippen LogP) is 4.69. The number of amides is 3. The zero-order chi connectivity index (χ0) is 30.6. The number of nitrogens with two attached hydrogens (primary N) is 1. The summed E-state index contributed by atoms with van der Waals surface area (Å²) >= 11 is 0.979. The van der Waals surface area contributed by atoms with Crippen LogP contribution in [0, 0.1) is 17.0 Å². The molecule has 15 heteroatoms. The SMILES string of the molecule is COc1cccc(C(=O)Nc2cc(-c3noc(-c4sc(NC(=O)NCC(C)(C)CN(C)C)nc4N)n3)c(F)cc2F)c1. The van der Waals surface area contributed by atoms with Crippen molar-refractivity contribution in [2.45, 2.75) is 13.8 Å². The normalized spacial score (nSPS) is 11.4. The van der Waals surface area contributed by atoms with E-state index in [-0.39, 0.29) is 49.8 Å². The number of hydrogen-bond acceptors (Lipinski definition) is 10. The van der Waals surface area contributed by atoms with Crippen LogP contribution < -0.4 is 26.4 Å². The van der Waals surface area contributed by atoms with Crippen LogP contribution >= 0.6 is 11.3 Å². The number of halogens is 2. The van der Waals surface area contributed by atoms with Crippen LogP contribution in [0.3, 0.4) is 0 Å². The van der Waals surface area contributed by atoms with Gasteiger partial charge in [-0.1, -0.05) is 36.4 Å². The van der Waals surface area contributed by atoms with Crippen LogP contribution in [0.2, 0.25) is 0 Å². The van der Waals surface area contributed by atoms with Crippen molar-refractivity contribution >= 4 is 39.9 Å². The fourth-order valence-electron chi connectivity index (χ4n) is 4.11. The second-order valence-electron chi connectivity index (χ2n) is 10.4. The Balaban J connectivity index is 1.49. The summed E-state index contributed by atoms with van der Waals surface area (Å²) in [6.07, 6.45) is 0. The number of benzene rings is 2. The van der Waals surface area contributed by atoms with Crippen molar-refractivity contribution in [2.24, 2.45) is 5.41 Å². The molecule has 2 aromatic carbocycles. The van der Waals surface area contributed by atoms with Gasteiger partial charge >= 0.3 is 6.03 Å². The zero-order valence-electron chi connectivity index (χ0n) is 23.5. The molecule has 0 unspecified atom stereocenters. The van der Waals surface area contributed by atoms with E-state index in [1.807, 2.05) is 32.8 Å². The second kappa shape index (κ2) is 12.5. The summed E-state index contributed by atoms with van der Waals surface area (Å²) in [5.74, 6) is -2.48. The predicted molar refractivity (Wildman–Crippen MR) is 155 cm³/mol. The van der Waals surface area contributed by atoms with Gasteiger partial charge in [-0.05, 0) is 43.8 Å². The lowest BCUT2D eigenvalue weighted by Gasteiger charge is -2.28. The lowest BCUT2D eigenvalue weighted by atomic mass is 9.93. The Morgan fingerprint density at radius 2 is 1.88 bits per heavy atom. The van der Waals surface area contributed by atoms with E-state index in [4.69, 9.17) is 15.0 Å². The summed E-state index contributed by atoms with van der Waals surface area (Å²) in [7, 11) is 5.36. The van der Waals surface area contributed by atoms with Crippen molar-refractivity contribution in [3.05, 3.63) is 53.6 Å². The molecule has 2 heterocycles. The van der Waals surface area contributed by atoms with Crippen molar-refractivity contribution < 1.29 is 27.6 Å². The first-order valence-electron chi connectivity index (χ1n) is 12.6. The zero-order valence-corrected chi connectivity index (χ0v) is 24.4. The van der Waals surface area contributed by atoms with Crippen LogP contribution in [0.25, 0.3) is 22.2 Å². The van der Waals surface area contributed by atoms with Gasteiger partial charge in [-0.2, -0.15) is 4.98 Å². The fraction of sp³-hybridized carbons (Fsp3) is 0.296. The molecule has 0 aliphatic rings. The maximum Gasteiger partial charge on any atom is 0.321 e. The van der Waals surface area contributed by atoms with Gasteiger partial charge in [0.15, 0.2) is 5.13 Å². The van der Waals surface area contributed by atoms with Crippen molar-refractivity contribution in [1.82, 2.24) is 25.3 Å². The highest BCUT2D eigenvalue weighted by Crippen LogP contribution is 2.36. The maximum atomic E-state index is 14.8. The van der Waals surface area contributed by atoms with Gasteiger partial charge in [0.25, 0.3) is 11.8 Å². The molecule has 0 saturated heterocycles. The van der Waals surface area contributed by atoms with Crippen LogP contribution in [-0.4, -0.2) is 66.3 Å². The molecular formula is C27H30F2N8O4S. The highest BCUT2D eigenvalue weighted by molar-refractivity contribution is 7.19. The van der Waals surface area contributed by atoms with Crippen LogP contribution in [0.5, 0.6) is 5.75 Å². The largest absolute Gasteiger partial charge is 0.497 e. The Bertz CT molecular complexity index is 1600. The summed E-state index contributed by atoms with van der Waals surface area (Å²) in [6, 6.07) is 7.44. The van der Waals surface area contributed by atoms with Crippen LogP contribution in [0.15, 0.2) is 40.9 Å². The van der Waals surface area contributed by atoms with Gasteiger partial charge in [0.2, 0.25) is 5.82 Å². The number of methoxy groups -OCH3 is 1. The van der Waals surface area contributed by atoms with Gasteiger partial charge < -0.3 is 30.5 Å². The standard InChI is InChI=1S/C27H30F2N8O4S/c1-27(2,13-37(3)4)12-31-25(39)35-26-33-21(30)20(42-26)24-34-22(36-41-24)16-10-19(18(29)11-17(16)28)32-23(38)14-7-6-8-15(9-14)40-5/h6-11H,12-13,30H2,1-5H3,(H,32,38)(H2,31,33,35,39). The molecule has 5 N–H and O–H groups in total. The third kappa shape index (κ3) is 7.36. The molecule has 0 radical (unpaired) electrons. The molecule has 0 fully saturated rings. The Hall–Kier alpha value is -4.63. The number of aromatic nitrogens is 3. The molecule has 0 spiro atoms. The molecule has 4 rings (SSSR count). The molecule has 0 atom stereocenters. The molecule has 222 valence electrons. The number of carbonyl (C=O) groups excluding carboxylic acids is 2. The minimum Gasteiger partial charge on any atom is -0.497 e. The lowest BCUT2D eigenvalue weighted by Crippen LogP contribution is -2.41. The number of ether oxygens (including phenoxy) is 1. The van der Waals surface area contributed by atoms with Gasteiger partial charge in [0.05, 0.1) is 18.4 Å². The first-order valence-corrected chi connectivity index (χ1v) is 13.4. The lowest BCUT2D eigenvalue weighted by molar-refractivity contribution is 0.102. The minimum absolute atomic E-state index is 0.00394. The van der Waals surface area contributed by atoms with Gasteiger partial charge in [0.1, 0.15) is 28.1 Å². The number of nitrogen functional groups attached to an aromatic ring is 1. The van der Waals surface area contributed by atoms with Crippen molar-refractivity contribution in [2.75, 3.05) is 50.7 Å². The van der Waals surface area contributed by atoms with E-state index in [1.54, 1.807) is 12.1 Å². The quantitative estimate of drug-likeness (QED) is 0.202. The van der Waals surface area contributed by atoms with Crippen molar-refractivity contribution in [3.63, 3.8) is 0 Å². The van der Waals surface area contributed by atoms with Gasteiger partial charge in [-0.3, -0.25) is 10.1 Å². The van der Waals surface area contributed by atoms with E-state index in [0.29, 0.717) is 18.4 Å². The van der Waals surface area contributed by atoms with E-state index < -0.39 is 23.6 Å². The average molecular weight is 601 g/mol. The molecular weight excluding hydrogens is 570 g/mol. The fourth-order valence-corrected chi connectivity index (χ4v) is 4.91. The number of nitrogens with one attached hydrogen (secondary N) is 3. The molecule has 3 amide bonds. The van der Waals surface area contributed by atoms with E-state index in [2.05, 4.69) is 31.1 Å². The molecule has 0 saturated carbocycles. The smallest absolute Gasteiger partial charge is 0.321 e. The number of rotatable bonds is 10. The maximum absolute atomic E-state index is 14.8. The minimum atomic E-state index is -0.998. The summed E-state index contributed by atoms with van der Waals surface area (Å²) in [5, 5.41) is 11.8. The Morgan fingerprint density at radius 3 is 2.60 bits per heavy atom. The Labute approximate surface area is 244 Å². The van der Waals surface area contributed by atoms with Crippen LogP contribution in [0.1, 0.15) is 24.2 Å². The Kier molecular flexibility index (Phi) is 9.02. The number of nitrogens with zero attached hydrogens (tertiary/aromatic N) is 4. The van der Waals surface area contributed by atoms with Crippen LogP contribution in [-0.2, 0) is 0 Å². The van der Waals surface area contributed by atoms with E-state index >= 15 is 0 Å². The summed E-state index contributed by atoms with van der Waals surface area (Å²) in [4.78, 5) is 35.7. The third-order valence-corrected chi connectivity index (χ3v) is 6.82. The number of anilines is 3. The number of thiazole rings is 1. The first-order chi connectivity index (χ1) is 19.8. The van der Waals surface area contributed by atoms with Gasteiger partial charge in [-0.25, -0.2) is 18.6 Å². The third-order valence-electron chi connectivity index (χ3n) is 5.84. The molecule has 4 aromatic rings. The first kappa shape index (κ1) is 30.3. The molecule has 12 nitrogen and oxygen atoms in total. The van der Waals surface area contributed by atoms with Crippen molar-refractivity contribution in [3.8, 4) is 27.9 Å². The van der Waals surface area contributed by atoms with E-state index in [0.717, 1.165) is 23.9 Å². The summed E-state index contributed by atoms with van der Waals surface area (Å²) < 4.78 is 39.7. The van der Waals surface area contributed by atoms with E-state index in [9.17, 15) is 18.4 Å². The monoisotopic (exact) mass is 600 g/mol. The average Bonchev–Trinajstić information content (AvgIpc) is 3.54. The Morgan fingerprint density at radius 1 is 1.12 bits per heavy atom. The van der Waals surface area contributed by atoms with Crippen molar-refractivity contribution in [1.29, 1.82) is 0 Å². The molecule has 0 bridgehead atoms. The number of carbonyl (C=O) groups is 2. The molecule has 0 aliphatic carbocycles. The highest BCUT2D eigenvalue weighted by Gasteiger charge is 2.23. The topological polar surface area (TPSA) is 161 Å². The van der Waals surface area contributed by atoms with Gasteiger partial charge in [-0.15, -0.1) is 0 Å². The second-order valence-corrected chi connectivity index (χ2v) is 11.4. The molecule has 2 aromatic heterocycles. The van der Waals surface area contributed by atoms with E-state index in [1.165, 1.54) is 19.2 Å². The van der Waals surface area contributed by atoms with Crippen LogP contribution in [0.4, 0.5) is 30.2 Å². The molecule has 0 aliphatic heterocycles. The number of urea groups is 1.